The number of nitrogens with one attached hydrogen (secondary N) is 2. The molecule has 0 radical (unpaired) electrons. The van der Waals surface area contributed by atoms with Crippen LogP contribution in [0.4, 0.5) is 0 Å². The zero-order chi connectivity index (χ0) is 12.5. The minimum Gasteiger partial charge on any atom is -0.356 e. The van der Waals surface area contributed by atoms with Crippen LogP contribution in [0.25, 0.3) is 0 Å². The van der Waals surface area contributed by atoms with Crippen molar-refractivity contribution < 1.29 is 4.79 Å². The highest BCUT2D eigenvalue weighted by molar-refractivity contribution is 6.30. The summed E-state index contributed by atoms with van der Waals surface area (Å²) >= 11 is 5.82. The molecule has 18 heavy (non-hydrogen) atoms. The monoisotopic (exact) mass is 268 g/mol. The van der Waals surface area contributed by atoms with E-state index in [1.807, 2.05) is 4.90 Å². The lowest BCUT2D eigenvalue weighted by molar-refractivity contribution is 0.0498. The molecule has 0 unspecified atom stereocenters. The summed E-state index contributed by atoms with van der Waals surface area (Å²) in [5.74, 6) is 0.0493. The van der Waals surface area contributed by atoms with E-state index in [1.54, 1.807) is 12.3 Å². The topological polar surface area (TPSA) is 51.4 Å². The van der Waals surface area contributed by atoms with Crippen LogP contribution in [0.1, 0.15) is 10.5 Å². The van der Waals surface area contributed by atoms with Gasteiger partial charge < -0.3 is 15.2 Å². The van der Waals surface area contributed by atoms with E-state index in [0.717, 1.165) is 39.3 Å². The molecule has 0 aromatic carbocycles. The molecule has 5 nitrogen and oxygen atoms in total. The number of carbonyl (C=O) groups is 1. The molecule has 2 N–H and O–H groups in total. The molecule has 2 saturated heterocycles. The van der Waals surface area contributed by atoms with E-state index in [0.29, 0.717) is 16.8 Å². The number of hydrogen-bond acceptors (Lipinski definition) is 3. The molecule has 2 fully saturated rings. The molecular weight excluding hydrogens is 252 g/mol. The van der Waals surface area contributed by atoms with Gasteiger partial charge in [-0.25, -0.2) is 0 Å². The highest BCUT2D eigenvalue weighted by Crippen LogP contribution is 2.14. The number of carbonyl (C=O) groups excluding carboxylic acids is 1. The smallest absolute Gasteiger partial charge is 0.270 e. The zero-order valence-corrected chi connectivity index (χ0v) is 10.9. The van der Waals surface area contributed by atoms with Crippen LogP contribution in [0.15, 0.2) is 12.3 Å². The van der Waals surface area contributed by atoms with E-state index in [1.165, 1.54) is 0 Å². The number of nitrogens with zero attached hydrogens (tertiary/aromatic N) is 2. The number of H-pyrrole nitrogens is 1. The van der Waals surface area contributed by atoms with Gasteiger partial charge in [-0.2, -0.15) is 0 Å². The minimum absolute atomic E-state index is 0.0493. The predicted octanol–water partition coefficient (Wildman–Crippen LogP) is 0.398. The van der Waals surface area contributed by atoms with Gasteiger partial charge >= 0.3 is 0 Å². The van der Waals surface area contributed by atoms with Gasteiger partial charge in [0.1, 0.15) is 5.69 Å². The summed E-state index contributed by atoms with van der Waals surface area (Å²) < 4.78 is 0. The van der Waals surface area contributed by atoms with Crippen LogP contribution < -0.4 is 5.32 Å². The van der Waals surface area contributed by atoms with Gasteiger partial charge in [-0.15, -0.1) is 0 Å². The predicted molar refractivity (Wildman–Crippen MR) is 69.9 cm³/mol. The Bertz CT molecular complexity index is 435. The summed E-state index contributed by atoms with van der Waals surface area (Å²) in [6.07, 6.45) is 1.64. The first-order valence-corrected chi connectivity index (χ1v) is 6.70. The number of piperazine rings is 1. The van der Waals surface area contributed by atoms with E-state index >= 15 is 0 Å². The fourth-order valence-corrected chi connectivity index (χ4v) is 2.65. The number of aromatic amines is 1. The Kier molecular flexibility index (Phi) is 3.28. The molecule has 1 amide bonds. The Morgan fingerprint density at radius 3 is 2.50 bits per heavy atom. The van der Waals surface area contributed by atoms with Gasteiger partial charge in [0.05, 0.1) is 5.02 Å². The molecule has 0 aliphatic carbocycles. The maximum absolute atomic E-state index is 12.2. The molecular formula is C12H17ClN4O. The summed E-state index contributed by atoms with van der Waals surface area (Å²) in [6.45, 7) is 5.69. The van der Waals surface area contributed by atoms with E-state index in [-0.39, 0.29) is 5.91 Å². The summed E-state index contributed by atoms with van der Waals surface area (Å²) in [5, 5.41) is 3.86. The quantitative estimate of drug-likeness (QED) is 0.816. The van der Waals surface area contributed by atoms with Gasteiger partial charge in [-0.05, 0) is 6.07 Å². The van der Waals surface area contributed by atoms with Gasteiger partial charge in [0.25, 0.3) is 5.91 Å². The maximum Gasteiger partial charge on any atom is 0.270 e. The molecule has 1 aromatic rings. The molecule has 0 atom stereocenters. The molecule has 6 heteroatoms. The second-order valence-electron chi connectivity index (χ2n) is 4.87. The first-order valence-electron chi connectivity index (χ1n) is 6.32. The lowest BCUT2D eigenvalue weighted by Crippen LogP contribution is -2.62. The van der Waals surface area contributed by atoms with Crippen molar-refractivity contribution in [1.29, 1.82) is 0 Å². The number of aromatic nitrogens is 1. The first kappa shape index (κ1) is 12.0. The summed E-state index contributed by atoms with van der Waals surface area (Å²) in [6, 6.07) is 2.36. The maximum atomic E-state index is 12.2. The first-order chi connectivity index (χ1) is 8.74. The molecule has 2 aliphatic heterocycles. The number of amides is 1. The van der Waals surface area contributed by atoms with E-state index in [4.69, 9.17) is 11.6 Å². The van der Waals surface area contributed by atoms with Gasteiger partial charge in [0.15, 0.2) is 0 Å². The third kappa shape index (κ3) is 2.25. The molecule has 0 saturated carbocycles. The van der Waals surface area contributed by atoms with Crippen molar-refractivity contribution in [3.05, 3.63) is 23.0 Å². The lowest BCUT2D eigenvalue weighted by atomic mass is 10.1. The van der Waals surface area contributed by atoms with Crippen LogP contribution in [-0.4, -0.2) is 66.0 Å². The largest absolute Gasteiger partial charge is 0.356 e. The van der Waals surface area contributed by atoms with E-state index < -0.39 is 0 Å². The normalized spacial score (nSPS) is 21.9. The molecule has 3 heterocycles. The Balaban J connectivity index is 1.57. The fraction of sp³-hybridized carbons (Fsp3) is 0.583. The van der Waals surface area contributed by atoms with Crippen molar-refractivity contribution in [2.75, 3.05) is 39.3 Å². The fourth-order valence-electron chi connectivity index (χ4n) is 2.48. The van der Waals surface area contributed by atoms with Crippen molar-refractivity contribution in [1.82, 2.24) is 20.1 Å². The average molecular weight is 269 g/mol. The van der Waals surface area contributed by atoms with Crippen LogP contribution in [-0.2, 0) is 0 Å². The molecule has 3 rings (SSSR count). The van der Waals surface area contributed by atoms with Crippen molar-refractivity contribution in [3.8, 4) is 0 Å². The van der Waals surface area contributed by atoms with Crippen LogP contribution in [0.3, 0.4) is 0 Å². The third-order valence-corrected chi connectivity index (χ3v) is 3.97. The summed E-state index contributed by atoms with van der Waals surface area (Å²) in [7, 11) is 0. The second-order valence-corrected chi connectivity index (χ2v) is 5.31. The Morgan fingerprint density at radius 1 is 1.28 bits per heavy atom. The number of halogens is 1. The van der Waals surface area contributed by atoms with Crippen LogP contribution in [0.2, 0.25) is 5.02 Å². The highest BCUT2D eigenvalue weighted by atomic mass is 35.5. The van der Waals surface area contributed by atoms with Gasteiger partial charge in [0.2, 0.25) is 0 Å². The molecule has 0 spiro atoms. The third-order valence-electron chi connectivity index (χ3n) is 3.76. The van der Waals surface area contributed by atoms with Crippen molar-refractivity contribution in [3.63, 3.8) is 0 Å². The lowest BCUT2D eigenvalue weighted by Gasteiger charge is -2.43. The van der Waals surface area contributed by atoms with Gasteiger partial charge in [0, 0.05) is 51.5 Å². The van der Waals surface area contributed by atoms with Crippen molar-refractivity contribution in [2.24, 2.45) is 0 Å². The van der Waals surface area contributed by atoms with E-state index in [2.05, 4.69) is 15.2 Å². The standard InChI is InChI=1S/C12H17ClN4O/c13-9-5-11(15-6-9)12(18)17-3-1-16(2-4-17)10-7-14-8-10/h5-6,10,14-15H,1-4,7-8H2. The Labute approximate surface area is 111 Å². The Hall–Kier alpha value is -1.04. The summed E-state index contributed by atoms with van der Waals surface area (Å²) in [5.41, 5.74) is 0.582. The van der Waals surface area contributed by atoms with Gasteiger partial charge in [-0.1, -0.05) is 11.6 Å². The average Bonchev–Trinajstić information content (AvgIpc) is 2.74. The van der Waals surface area contributed by atoms with Gasteiger partial charge in [-0.3, -0.25) is 9.69 Å². The van der Waals surface area contributed by atoms with E-state index in [9.17, 15) is 4.79 Å². The number of rotatable bonds is 2. The highest BCUT2D eigenvalue weighted by Gasteiger charge is 2.29. The molecule has 1 aromatic heterocycles. The second kappa shape index (κ2) is 4.91. The zero-order valence-electron chi connectivity index (χ0n) is 10.2. The van der Waals surface area contributed by atoms with Crippen molar-refractivity contribution in [2.45, 2.75) is 6.04 Å². The molecule has 98 valence electrons. The number of hydrogen-bond donors (Lipinski definition) is 2. The Morgan fingerprint density at radius 2 is 2.00 bits per heavy atom. The SMILES string of the molecule is O=C(c1cc(Cl)c[nH]1)N1CCN(C2CNC2)CC1. The molecule has 0 bridgehead atoms. The molecule has 2 aliphatic rings. The minimum atomic E-state index is 0.0493. The summed E-state index contributed by atoms with van der Waals surface area (Å²) in [4.78, 5) is 19.4. The van der Waals surface area contributed by atoms with Crippen LogP contribution in [0.5, 0.6) is 0 Å². The van der Waals surface area contributed by atoms with Crippen molar-refractivity contribution >= 4 is 17.5 Å². The van der Waals surface area contributed by atoms with Crippen LogP contribution in [0, 0.1) is 0 Å². The van der Waals surface area contributed by atoms with Crippen LogP contribution >= 0.6 is 11.6 Å².